The second-order valence-corrected chi connectivity index (χ2v) is 11.2. The van der Waals surface area contributed by atoms with Gasteiger partial charge in [-0.05, 0) is 58.7 Å². The fraction of sp³-hybridized carbons (Fsp3) is 0.379. The van der Waals surface area contributed by atoms with Crippen LogP contribution in [-0.4, -0.2) is 51.3 Å². The first kappa shape index (κ1) is 29.1. The third-order valence-electron chi connectivity index (χ3n) is 6.34. The monoisotopic (exact) mass is 570 g/mol. The molecule has 0 saturated heterocycles. The number of halogens is 2. The van der Waals surface area contributed by atoms with Crippen molar-refractivity contribution in [3.8, 4) is 0 Å². The molecule has 1 heterocycles. The number of benzene rings is 2. The Labute approximate surface area is 236 Å². The van der Waals surface area contributed by atoms with E-state index in [2.05, 4.69) is 10.6 Å². The van der Waals surface area contributed by atoms with E-state index < -0.39 is 23.4 Å². The van der Waals surface area contributed by atoms with Crippen LogP contribution >= 0.6 is 11.6 Å². The van der Waals surface area contributed by atoms with Crippen LogP contribution < -0.4 is 10.6 Å². The Morgan fingerprint density at radius 2 is 1.88 bits per heavy atom. The van der Waals surface area contributed by atoms with Gasteiger partial charge in [0.2, 0.25) is 11.8 Å². The van der Waals surface area contributed by atoms with Crippen LogP contribution in [0, 0.1) is 5.82 Å². The summed E-state index contributed by atoms with van der Waals surface area (Å²) in [5.74, 6) is -1.49. The molecule has 2 N–H and O–H groups in total. The van der Waals surface area contributed by atoms with Gasteiger partial charge in [0.1, 0.15) is 18.0 Å². The van der Waals surface area contributed by atoms with Gasteiger partial charge in [0.25, 0.3) is 0 Å². The highest BCUT2D eigenvalue weighted by Gasteiger charge is 2.34. The topological polar surface area (TPSA) is 110 Å². The van der Waals surface area contributed by atoms with Crippen LogP contribution in [0.15, 0.2) is 42.6 Å². The molecule has 0 bridgehead atoms. The maximum Gasteiger partial charge on any atom is 0.412 e. The van der Waals surface area contributed by atoms with E-state index in [1.165, 1.54) is 24.0 Å². The van der Waals surface area contributed by atoms with Crippen LogP contribution in [-0.2, 0) is 27.4 Å². The summed E-state index contributed by atoms with van der Waals surface area (Å²) in [5.41, 5.74) is 1.02. The Kier molecular flexibility index (Phi) is 8.48. The lowest BCUT2D eigenvalue weighted by Crippen LogP contribution is -2.43. The lowest BCUT2D eigenvalue weighted by Gasteiger charge is -2.22. The first-order chi connectivity index (χ1) is 18.8. The number of anilines is 1. The highest BCUT2D eigenvalue weighted by atomic mass is 35.5. The normalized spacial score (nSPS) is 13.2. The molecule has 2 aromatic carbocycles. The van der Waals surface area contributed by atoms with Gasteiger partial charge < -0.3 is 19.5 Å². The second-order valence-electron chi connectivity index (χ2n) is 10.8. The van der Waals surface area contributed by atoms with Gasteiger partial charge in [-0.25, -0.2) is 9.18 Å². The molecule has 9 nitrogen and oxygen atoms in total. The number of rotatable bonds is 9. The number of ketones is 1. The minimum Gasteiger partial charge on any atom is -0.444 e. The number of nitrogens with zero attached hydrogens (tertiary/aromatic N) is 2. The summed E-state index contributed by atoms with van der Waals surface area (Å²) < 4.78 is 21.1. The van der Waals surface area contributed by atoms with Crippen molar-refractivity contribution in [1.29, 1.82) is 0 Å². The van der Waals surface area contributed by atoms with E-state index in [1.807, 2.05) is 0 Å². The summed E-state index contributed by atoms with van der Waals surface area (Å²) in [7, 11) is 0. The number of carbonyl (C=O) groups is 4. The summed E-state index contributed by atoms with van der Waals surface area (Å²) in [6, 6.07) is 9.52. The number of fused-ring (bicyclic) bond motifs is 1. The Morgan fingerprint density at radius 1 is 1.15 bits per heavy atom. The van der Waals surface area contributed by atoms with Gasteiger partial charge >= 0.3 is 6.09 Å². The average Bonchev–Trinajstić information content (AvgIpc) is 3.64. The van der Waals surface area contributed by atoms with E-state index in [-0.39, 0.29) is 48.0 Å². The van der Waals surface area contributed by atoms with E-state index in [0.29, 0.717) is 22.2 Å². The molecule has 1 aromatic heterocycles. The highest BCUT2D eigenvalue weighted by Crippen LogP contribution is 2.29. The van der Waals surface area contributed by atoms with Crippen LogP contribution in [0.4, 0.5) is 14.9 Å². The van der Waals surface area contributed by atoms with Crippen LogP contribution in [0.2, 0.25) is 5.02 Å². The zero-order valence-corrected chi connectivity index (χ0v) is 23.6. The molecule has 1 saturated carbocycles. The highest BCUT2D eigenvalue weighted by molar-refractivity contribution is 6.30. The summed E-state index contributed by atoms with van der Waals surface area (Å²) in [5, 5.41) is 5.93. The lowest BCUT2D eigenvalue weighted by molar-refractivity contribution is -0.137. The first-order valence-corrected chi connectivity index (χ1v) is 13.3. The van der Waals surface area contributed by atoms with E-state index in [1.54, 1.807) is 55.8 Å². The quantitative estimate of drug-likeness (QED) is 0.340. The smallest absolute Gasteiger partial charge is 0.412 e. The van der Waals surface area contributed by atoms with Crippen LogP contribution in [0.25, 0.3) is 10.9 Å². The summed E-state index contributed by atoms with van der Waals surface area (Å²) in [6.07, 6.45) is 2.53. The van der Waals surface area contributed by atoms with Gasteiger partial charge in [-0.3, -0.25) is 19.7 Å². The number of aromatic nitrogens is 1. The van der Waals surface area contributed by atoms with Gasteiger partial charge in [0, 0.05) is 41.0 Å². The van der Waals surface area contributed by atoms with Crippen molar-refractivity contribution < 1.29 is 28.3 Å². The average molecular weight is 571 g/mol. The molecule has 1 aliphatic carbocycles. The number of nitrogens with one attached hydrogen (secondary N) is 2. The molecule has 0 atom stereocenters. The van der Waals surface area contributed by atoms with Gasteiger partial charge in [-0.2, -0.15) is 0 Å². The maximum absolute atomic E-state index is 14.2. The number of Topliss-reactive ketones (excluding diaryl/α,β-unsaturated/α-hetero) is 1. The maximum atomic E-state index is 14.2. The van der Waals surface area contributed by atoms with Crippen molar-refractivity contribution >= 4 is 51.9 Å². The largest absolute Gasteiger partial charge is 0.444 e. The molecule has 1 aliphatic rings. The number of amides is 3. The predicted molar refractivity (Wildman–Crippen MR) is 150 cm³/mol. The molecular formula is C29H32ClFN4O5. The molecule has 40 heavy (non-hydrogen) atoms. The first-order valence-electron chi connectivity index (χ1n) is 13.0. The van der Waals surface area contributed by atoms with E-state index in [9.17, 15) is 23.6 Å². The minimum absolute atomic E-state index is 0.0325. The molecule has 212 valence electrons. The van der Waals surface area contributed by atoms with Crippen LogP contribution in [0.1, 0.15) is 56.5 Å². The molecule has 3 aromatic rings. The van der Waals surface area contributed by atoms with Crippen molar-refractivity contribution in [1.82, 2.24) is 14.8 Å². The molecule has 0 aliphatic heterocycles. The Hall–Kier alpha value is -3.92. The van der Waals surface area contributed by atoms with E-state index in [0.717, 1.165) is 12.8 Å². The molecule has 0 unspecified atom stereocenters. The Balaban J connectivity index is 1.50. The molecule has 1 fully saturated rings. The van der Waals surface area contributed by atoms with Crippen molar-refractivity contribution in [2.24, 2.45) is 0 Å². The fourth-order valence-corrected chi connectivity index (χ4v) is 4.53. The van der Waals surface area contributed by atoms with E-state index >= 15 is 0 Å². The molecule has 3 amide bonds. The SMILES string of the molecule is CC(=O)c1cn(CC(=O)N(CC(=O)NCc2cccc(Cl)c2F)C2CC2)c2cc(NC(=O)OC(C)(C)C)ccc12. The number of carbonyl (C=O) groups excluding carboxylic acids is 4. The second kappa shape index (κ2) is 11.7. The summed E-state index contributed by atoms with van der Waals surface area (Å²) in [4.78, 5) is 52.2. The van der Waals surface area contributed by atoms with Crippen molar-refractivity contribution in [3.63, 3.8) is 0 Å². The van der Waals surface area contributed by atoms with Crippen LogP contribution in [0.3, 0.4) is 0 Å². The predicted octanol–water partition coefficient (Wildman–Crippen LogP) is 5.29. The third-order valence-corrected chi connectivity index (χ3v) is 6.63. The molecule has 0 spiro atoms. The minimum atomic E-state index is -0.677. The van der Waals surface area contributed by atoms with Gasteiger partial charge in [-0.15, -0.1) is 0 Å². The molecule has 11 heteroatoms. The standard InChI is InChI=1S/C29H32ClFN4O5/c1-17(36)22-14-34(24-12-19(8-11-21(22)24)33-28(39)40-29(2,3)4)16-26(38)35(20-9-10-20)15-25(37)32-13-18-6-5-7-23(30)27(18)31/h5-8,11-12,14,20H,9-10,13,15-16H2,1-4H3,(H,32,37)(H,33,39). The zero-order chi connectivity index (χ0) is 29.2. The molecular weight excluding hydrogens is 539 g/mol. The van der Waals surface area contributed by atoms with E-state index in [4.69, 9.17) is 16.3 Å². The van der Waals surface area contributed by atoms with Crippen LogP contribution in [0.5, 0.6) is 0 Å². The van der Waals surface area contributed by atoms with Crippen molar-refractivity contribution in [2.45, 2.75) is 65.3 Å². The number of ether oxygens (including phenoxy) is 1. The fourth-order valence-electron chi connectivity index (χ4n) is 4.34. The third kappa shape index (κ3) is 7.18. The Bertz CT molecular complexity index is 1480. The van der Waals surface area contributed by atoms with Crippen molar-refractivity contribution in [3.05, 3.63) is 64.6 Å². The van der Waals surface area contributed by atoms with Gasteiger partial charge in [0.05, 0.1) is 17.1 Å². The zero-order valence-electron chi connectivity index (χ0n) is 22.8. The Morgan fingerprint density at radius 3 is 2.52 bits per heavy atom. The van der Waals surface area contributed by atoms with Gasteiger partial charge in [-0.1, -0.05) is 29.8 Å². The summed E-state index contributed by atoms with van der Waals surface area (Å²) >= 11 is 5.81. The number of hydrogen-bond acceptors (Lipinski definition) is 5. The molecule has 0 radical (unpaired) electrons. The van der Waals surface area contributed by atoms with Gasteiger partial charge in [0.15, 0.2) is 5.78 Å². The summed E-state index contributed by atoms with van der Waals surface area (Å²) in [6.45, 7) is 6.35. The number of hydrogen-bond donors (Lipinski definition) is 2. The van der Waals surface area contributed by atoms with Crippen molar-refractivity contribution in [2.75, 3.05) is 11.9 Å². The molecule has 4 rings (SSSR count). The lowest BCUT2D eigenvalue weighted by atomic mass is 10.1.